The Morgan fingerprint density at radius 1 is 0.524 bits per heavy atom. The molecule has 0 spiro atoms. The fourth-order valence-corrected chi connectivity index (χ4v) is 3.02. The molecule has 0 aromatic heterocycles. The molecule has 0 amide bonds. The third-order valence-corrected chi connectivity index (χ3v) is 4.11. The number of hydrogen-bond donors (Lipinski definition) is 0. The summed E-state index contributed by atoms with van der Waals surface area (Å²) >= 11 is 0. The molecule has 0 fully saturated rings. The highest BCUT2D eigenvalue weighted by Crippen LogP contribution is 2.41. The van der Waals surface area contributed by atoms with Crippen LogP contribution in [0.3, 0.4) is 0 Å². The van der Waals surface area contributed by atoms with Crippen LogP contribution >= 0.6 is 0 Å². The van der Waals surface area contributed by atoms with Crippen molar-refractivity contribution in [3.8, 4) is 0 Å². The maximum absolute atomic E-state index is 6.30. The van der Waals surface area contributed by atoms with Gasteiger partial charge in [-0.3, -0.25) is 0 Å². The number of benzene rings is 3. The van der Waals surface area contributed by atoms with Crippen LogP contribution < -0.4 is 0 Å². The summed E-state index contributed by atoms with van der Waals surface area (Å²) in [7, 11) is 6.30. The highest BCUT2D eigenvalue weighted by molar-refractivity contribution is 6.10. The minimum Gasteiger partial charge on any atom is -0.0711 e. The van der Waals surface area contributed by atoms with E-state index >= 15 is 0 Å². The molecule has 0 heterocycles. The largest absolute Gasteiger partial charge is 0.0711 e. The maximum Gasteiger partial charge on any atom is 0.0674 e. The first-order valence-electron chi connectivity index (χ1n) is 7.24. The van der Waals surface area contributed by atoms with Crippen LogP contribution in [0.15, 0.2) is 91.0 Å². The van der Waals surface area contributed by atoms with Crippen molar-refractivity contribution in [2.75, 3.05) is 0 Å². The van der Waals surface area contributed by atoms with Crippen LogP contribution in [0.1, 0.15) is 16.7 Å². The van der Waals surface area contributed by atoms with Gasteiger partial charge in [-0.05, 0) is 16.7 Å². The normalized spacial score (nSPS) is 11.2. The van der Waals surface area contributed by atoms with Gasteiger partial charge in [-0.1, -0.05) is 97.3 Å². The average Bonchev–Trinajstić information content (AvgIpc) is 2.59. The van der Waals surface area contributed by atoms with Crippen LogP contribution in [0, 0.1) is 0 Å². The Morgan fingerprint density at radius 3 is 1.05 bits per heavy atom. The van der Waals surface area contributed by atoms with Gasteiger partial charge in [-0.15, -0.1) is 0 Å². The predicted octanol–water partition coefficient (Wildman–Crippen LogP) is 4.61. The van der Waals surface area contributed by atoms with E-state index in [0.29, 0.717) is 6.32 Å². The molecular formula is C20H17B. The van der Waals surface area contributed by atoms with E-state index in [2.05, 4.69) is 72.8 Å². The Morgan fingerprint density at radius 2 is 0.810 bits per heavy atom. The molecule has 0 unspecified atom stereocenters. The standard InChI is InChI=1S/C20H17B/c21-16-20(17-10-4-1-5-11-17,18-12-6-2-7-13-18)19-14-8-3-9-15-19/h1-15H,16H2. The lowest BCUT2D eigenvalue weighted by atomic mass is 9.63. The Kier molecular flexibility index (Phi) is 3.92. The van der Waals surface area contributed by atoms with Crippen LogP contribution in [-0.2, 0) is 5.41 Å². The van der Waals surface area contributed by atoms with E-state index in [1.807, 2.05) is 18.2 Å². The molecule has 0 aliphatic rings. The van der Waals surface area contributed by atoms with Gasteiger partial charge in [0.15, 0.2) is 0 Å². The fraction of sp³-hybridized carbons (Fsp3) is 0.100. The second-order valence-electron chi connectivity index (χ2n) is 5.21. The topological polar surface area (TPSA) is 0 Å². The summed E-state index contributed by atoms with van der Waals surface area (Å²) in [5.74, 6) is 0. The minimum atomic E-state index is -0.302. The molecule has 3 rings (SSSR count). The van der Waals surface area contributed by atoms with Gasteiger partial charge < -0.3 is 0 Å². The van der Waals surface area contributed by atoms with Crippen LogP contribution in [-0.4, -0.2) is 7.85 Å². The zero-order chi connectivity index (χ0) is 14.5. The van der Waals surface area contributed by atoms with Crippen LogP contribution in [0.2, 0.25) is 6.32 Å². The second kappa shape index (κ2) is 6.01. The Bertz CT molecular complexity index is 578. The first-order chi connectivity index (χ1) is 10.4. The van der Waals surface area contributed by atoms with Gasteiger partial charge in [0.1, 0.15) is 0 Å². The van der Waals surface area contributed by atoms with Gasteiger partial charge in [-0.2, -0.15) is 0 Å². The molecule has 0 aliphatic carbocycles. The van der Waals surface area contributed by atoms with Crippen molar-refractivity contribution in [3.05, 3.63) is 108 Å². The molecule has 0 bridgehead atoms. The molecule has 0 atom stereocenters. The molecule has 3 aromatic rings. The molecule has 3 aromatic carbocycles. The molecule has 0 saturated carbocycles. The first kappa shape index (κ1) is 13.7. The quantitative estimate of drug-likeness (QED) is 0.479. The molecule has 100 valence electrons. The second-order valence-corrected chi connectivity index (χ2v) is 5.21. The van der Waals surface area contributed by atoms with Crippen LogP contribution in [0.25, 0.3) is 0 Å². The molecule has 2 radical (unpaired) electrons. The number of hydrogen-bond acceptors (Lipinski definition) is 0. The summed E-state index contributed by atoms with van der Waals surface area (Å²) in [6.07, 6.45) is 0.533. The molecule has 0 aliphatic heterocycles. The van der Waals surface area contributed by atoms with Gasteiger partial charge >= 0.3 is 0 Å². The van der Waals surface area contributed by atoms with E-state index in [1.165, 1.54) is 16.7 Å². The highest BCUT2D eigenvalue weighted by atomic mass is 14.3. The van der Waals surface area contributed by atoms with E-state index < -0.39 is 0 Å². The van der Waals surface area contributed by atoms with E-state index in [4.69, 9.17) is 7.85 Å². The summed E-state index contributed by atoms with van der Waals surface area (Å²) in [6, 6.07) is 31.5. The van der Waals surface area contributed by atoms with Crippen molar-refractivity contribution < 1.29 is 0 Å². The number of rotatable bonds is 4. The van der Waals surface area contributed by atoms with Gasteiger partial charge in [0.2, 0.25) is 0 Å². The van der Waals surface area contributed by atoms with E-state index in [0.717, 1.165) is 0 Å². The smallest absolute Gasteiger partial charge is 0.0674 e. The lowest BCUT2D eigenvalue weighted by Crippen LogP contribution is -2.28. The molecule has 0 saturated heterocycles. The third-order valence-electron chi connectivity index (χ3n) is 4.11. The van der Waals surface area contributed by atoms with Crippen molar-refractivity contribution in [2.24, 2.45) is 0 Å². The Labute approximate surface area is 127 Å². The van der Waals surface area contributed by atoms with E-state index in [-0.39, 0.29) is 5.41 Å². The van der Waals surface area contributed by atoms with Crippen molar-refractivity contribution in [2.45, 2.75) is 11.7 Å². The zero-order valence-corrected chi connectivity index (χ0v) is 11.9. The Balaban J connectivity index is 2.29. The summed E-state index contributed by atoms with van der Waals surface area (Å²) in [5, 5.41) is 0. The van der Waals surface area contributed by atoms with Crippen LogP contribution in [0.5, 0.6) is 0 Å². The van der Waals surface area contributed by atoms with Crippen molar-refractivity contribution in [3.63, 3.8) is 0 Å². The van der Waals surface area contributed by atoms with Gasteiger partial charge in [0.05, 0.1) is 7.85 Å². The first-order valence-corrected chi connectivity index (χ1v) is 7.24. The molecular weight excluding hydrogens is 251 g/mol. The fourth-order valence-electron chi connectivity index (χ4n) is 3.02. The van der Waals surface area contributed by atoms with Crippen LogP contribution in [0.4, 0.5) is 0 Å². The van der Waals surface area contributed by atoms with Gasteiger partial charge in [-0.25, -0.2) is 0 Å². The lowest BCUT2D eigenvalue weighted by molar-refractivity contribution is 0.691. The molecule has 1 heteroatoms. The SMILES string of the molecule is [B]CC(c1ccccc1)(c1ccccc1)c1ccccc1. The summed E-state index contributed by atoms with van der Waals surface area (Å²) in [6.45, 7) is 0. The predicted molar refractivity (Wildman–Crippen MR) is 89.8 cm³/mol. The molecule has 21 heavy (non-hydrogen) atoms. The summed E-state index contributed by atoms with van der Waals surface area (Å²) < 4.78 is 0. The molecule has 0 N–H and O–H groups in total. The summed E-state index contributed by atoms with van der Waals surface area (Å²) in [4.78, 5) is 0. The van der Waals surface area contributed by atoms with Crippen molar-refractivity contribution >= 4 is 7.85 Å². The van der Waals surface area contributed by atoms with Gasteiger partial charge in [0.25, 0.3) is 0 Å². The van der Waals surface area contributed by atoms with E-state index in [1.54, 1.807) is 0 Å². The van der Waals surface area contributed by atoms with Gasteiger partial charge in [0, 0.05) is 5.41 Å². The summed E-state index contributed by atoms with van der Waals surface area (Å²) in [5.41, 5.74) is 3.38. The lowest BCUT2D eigenvalue weighted by Gasteiger charge is -2.35. The average molecular weight is 268 g/mol. The third kappa shape index (κ3) is 2.40. The maximum atomic E-state index is 6.30. The zero-order valence-electron chi connectivity index (χ0n) is 11.9. The molecule has 0 nitrogen and oxygen atoms in total. The highest BCUT2D eigenvalue weighted by Gasteiger charge is 2.33. The van der Waals surface area contributed by atoms with Crippen molar-refractivity contribution in [1.82, 2.24) is 0 Å². The Hall–Kier alpha value is -2.28. The van der Waals surface area contributed by atoms with Crippen molar-refractivity contribution in [1.29, 1.82) is 0 Å². The monoisotopic (exact) mass is 268 g/mol. The minimum absolute atomic E-state index is 0.302. The van der Waals surface area contributed by atoms with E-state index in [9.17, 15) is 0 Å².